The summed E-state index contributed by atoms with van der Waals surface area (Å²) in [7, 11) is 1.70. The first kappa shape index (κ1) is 23.3. The van der Waals surface area contributed by atoms with E-state index in [-0.39, 0.29) is 0 Å². The lowest BCUT2D eigenvalue weighted by Gasteiger charge is -2.09. The molecule has 0 radical (unpaired) electrons. The number of benzene rings is 3. The van der Waals surface area contributed by atoms with Crippen molar-refractivity contribution in [2.24, 2.45) is 5.92 Å². The maximum absolute atomic E-state index is 6.07. The molecule has 1 fully saturated rings. The van der Waals surface area contributed by atoms with Crippen LogP contribution in [0.25, 0.3) is 22.0 Å². The van der Waals surface area contributed by atoms with Crippen LogP contribution in [-0.2, 0) is 11.3 Å². The van der Waals surface area contributed by atoms with Crippen molar-refractivity contribution in [3.8, 4) is 28.4 Å². The molecule has 0 bridgehead atoms. The highest BCUT2D eigenvalue weighted by Crippen LogP contribution is 2.36. The van der Waals surface area contributed by atoms with Crippen LogP contribution >= 0.6 is 0 Å². The minimum Gasteiger partial charge on any atom is -0.497 e. The van der Waals surface area contributed by atoms with Crippen LogP contribution in [0.2, 0.25) is 0 Å². The van der Waals surface area contributed by atoms with Gasteiger partial charge in [0.05, 0.1) is 20.3 Å². The van der Waals surface area contributed by atoms with Crippen molar-refractivity contribution in [1.29, 1.82) is 0 Å². The highest BCUT2D eigenvalue weighted by Gasteiger charge is 2.22. The van der Waals surface area contributed by atoms with Gasteiger partial charge in [0.15, 0.2) is 0 Å². The van der Waals surface area contributed by atoms with Crippen molar-refractivity contribution in [3.63, 3.8) is 0 Å². The fourth-order valence-electron chi connectivity index (χ4n) is 4.31. The van der Waals surface area contributed by atoms with E-state index in [1.807, 2.05) is 31.2 Å². The summed E-state index contributed by atoms with van der Waals surface area (Å²) in [6.45, 7) is 5.35. The molecule has 0 unspecified atom stereocenters. The molecule has 1 aliphatic carbocycles. The van der Waals surface area contributed by atoms with E-state index in [0.717, 1.165) is 58.3 Å². The maximum Gasteiger partial charge on any atom is 0.120 e. The second kappa shape index (κ2) is 10.9. The Morgan fingerprint density at radius 1 is 0.857 bits per heavy atom. The Labute approximate surface area is 207 Å². The molecule has 0 atom stereocenters. The molecule has 3 aromatic carbocycles. The lowest BCUT2D eigenvalue weighted by molar-refractivity contribution is 0.110. The zero-order chi connectivity index (χ0) is 24.0. The Morgan fingerprint density at radius 2 is 1.69 bits per heavy atom. The summed E-state index contributed by atoms with van der Waals surface area (Å²) >= 11 is 0. The highest BCUT2D eigenvalue weighted by molar-refractivity contribution is 5.97. The van der Waals surface area contributed by atoms with Crippen LogP contribution in [0.3, 0.4) is 0 Å². The van der Waals surface area contributed by atoms with E-state index in [1.54, 1.807) is 7.11 Å². The van der Waals surface area contributed by atoms with E-state index >= 15 is 0 Å². The van der Waals surface area contributed by atoms with Gasteiger partial charge in [0.25, 0.3) is 0 Å². The van der Waals surface area contributed by atoms with Gasteiger partial charge in [-0.3, -0.25) is 0 Å². The van der Waals surface area contributed by atoms with Crippen LogP contribution in [0, 0.1) is 5.92 Å². The second-order valence-corrected chi connectivity index (χ2v) is 9.03. The smallest absolute Gasteiger partial charge is 0.120 e. The molecule has 5 nitrogen and oxygen atoms in total. The Balaban J connectivity index is 1.49. The molecule has 0 aliphatic heterocycles. The summed E-state index contributed by atoms with van der Waals surface area (Å²) in [6, 6.07) is 23.0. The van der Waals surface area contributed by atoms with Crippen LogP contribution in [0.4, 0.5) is 0 Å². The van der Waals surface area contributed by atoms with Crippen molar-refractivity contribution in [2.75, 3.05) is 33.5 Å². The summed E-state index contributed by atoms with van der Waals surface area (Å²) in [5.41, 5.74) is 4.64. The third-order valence-corrected chi connectivity index (χ3v) is 6.37. The Kier molecular flexibility index (Phi) is 7.24. The topological polar surface area (TPSA) is 41.9 Å². The monoisotopic (exact) mass is 471 g/mol. The number of ether oxygens (including phenoxy) is 4. The fourth-order valence-corrected chi connectivity index (χ4v) is 4.31. The molecule has 5 rings (SSSR count). The second-order valence-electron chi connectivity index (χ2n) is 9.03. The molecule has 182 valence electrons. The minimum absolute atomic E-state index is 0.531. The van der Waals surface area contributed by atoms with Crippen molar-refractivity contribution < 1.29 is 18.9 Å². The Morgan fingerprint density at radius 3 is 2.51 bits per heavy atom. The number of rotatable bonds is 12. The normalized spacial score (nSPS) is 13.2. The standard InChI is InChI=1S/C30H33NO4/c1-3-33-14-15-34-27-12-13-30-28(18-27)29(20-31(30)19-23-6-4-8-25(16-23)32-2)24-7-5-9-26(17-24)35-21-22-10-11-22/h4-9,12-13,16-18,20,22H,3,10-11,14-15,19,21H2,1-2H3. The molecular weight excluding hydrogens is 438 g/mol. The van der Waals surface area contributed by atoms with E-state index in [0.29, 0.717) is 19.8 Å². The summed E-state index contributed by atoms with van der Waals surface area (Å²) < 4.78 is 25.2. The molecule has 4 aromatic rings. The fraction of sp³-hybridized carbons (Fsp3) is 0.333. The molecule has 1 saturated carbocycles. The van der Waals surface area contributed by atoms with Crippen LogP contribution in [0.1, 0.15) is 25.3 Å². The van der Waals surface area contributed by atoms with Crippen molar-refractivity contribution in [1.82, 2.24) is 4.57 Å². The van der Waals surface area contributed by atoms with Crippen LogP contribution in [-0.4, -0.2) is 38.1 Å². The number of nitrogens with zero attached hydrogens (tertiary/aromatic N) is 1. The van der Waals surface area contributed by atoms with Gasteiger partial charge in [-0.05, 0) is 79.3 Å². The molecule has 0 amide bonds. The summed E-state index contributed by atoms with van der Waals surface area (Å²) in [5, 5.41) is 1.15. The molecular formula is C30H33NO4. The van der Waals surface area contributed by atoms with Gasteiger partial charge in [-0.15, -0.1) is 0 Å². The first-order valence-corrected chi connectivity index (χ1v) is 12.4. The molecule has 0 N–H and O–H groups in total. The summed E-state index contributed by atoms with van der Waals surface area (Å²) in [6.07, 6.45) is 4.79. The third-order valence-electron chi connectivity index (χ3n) is 6.37. The largest absolute Gasteiger partial charge is 0.497 e. The van der Waals surface area contributed by atoms with Gasteiger partial charge in [-0.25, -0.2) is 0 Å². The summed E-state index contributed by atoms with van der Waals surface area (Å²) in [5.74, 6) is 3.36. The molecule has 5 heteroatoms. The van der Waals surface area contributed by atoms with Gasteiger partial charge in [-0.1, -0.05) is 24.3 Å². The van der Waals surface area contributed by atoms with Gasteiger partial charge in [0, 0.05) is 35.8 Å². The van der Waals surface area contributed by atoms with Crippen LogP contribution in [0.5, 0.6) is 17.2 Å². The average molecular weight is 472 g/mol. The van der Waals surface area contributed by atoms with Crippen LogP contribution in [0.15, 0.2) is 72.9 Å². The molecule has 1 aromatic heterocycles. The minimum atomic E-state index is 0.531. The number of methoxy groups -OCH3 is 1. The molecule has 1 heterocycles. The van der Waals surface area contributed by atoms with Crippen LogP contribution < -0.4 is 14.2 Å². The van der Waals surface area contributed by atoms with E-state index in [1.165, 1.54) is 18.4 Å². The number of fused-ring (bicyclic) bond motifs is 1. The van der Waals surface area contributed by atoms with Crippen molar-refractivity contribution >= 4 is 10.9 Å². The summed E-state index contributed by atoms with van der Waals surface area (Å²) in [4.78, 5) is 0. The molecule has 1 aliphatic rings. The Bertz CT molecular complexity index is 1270. The quantitative estimate of drug-likeness (QED) is 0.219. The van der Waals surface area contributed by atoms with Gasteiger partial charge >= 0.3 is 0 Å². The van der Waals surface area contributed by atoms with Gasteiger partial charge in [-0.2, -0.15) is 0 Å². The highest BCUT2D eigenvalue weighted by atomic mass is 16.5. The average Bonchev–Trinajstić information content (AvgIpc) is 3.66. The van der Waals surface area contributed by atoms with Gasteiger partial charge in [0.2, 0.25) is 0 Å². The van der Waals surface area contributed by atoms with Crippen molar-refractivity contribution in [2.45, 2.75) is 26.3 Å². The predicted octanol–water partition coefficient (Wildman–Crippen LogP) is 6.57. The van der Waals surface area contributed by atoms with E-state index in [4.69, 9.17) is 18.9 Å². The molecule has 35 heavy (non-hydrogen) atoms. The first-order valence-electron chi connectivity index (χ1n) is 12.4. The zero-order valence-electron chi connectivity index (χ0n) is 20.5. The number of hydrogen-bond donors (Lipinski definition) is 0. The van der Waals surface area contributed by atoms with Gasteiger partial charge < -0.3 is 23.5 Å². The van der Waals surface area contributed by atoms with E-state index in [9.17, 15) is 0 Å². The van der Waals surface area contributed by atoms with E-state index in [2.05, 4.69) is 53.2 Å². The first-order chi connectivity index (χ1) is 17.2. The van der Waals surface area contributed by atoms with E-state index < -0.39 is 0 Å². The maximum atomic E-state index is 6.07. The third kappa shape index (κ3) is 5.80. The zero-order valence-corrected chi connectivity index (χ0v) is 20.5. The lowest BCUT2D eigenvalue weighted by atomic mass is 10.0. The Hall–Kier alpha value is -3.44. The predicted molar refractivity (Wildman–Crippen MR) is 140 cm³/mol. The molecule has 0 spiro atoms. The SMILES string of the molecule is CCOCCOc1ccc2c(c1)c(-c1cccc(OCC3CC3)c1)cn2Cc1cccc(OC)c1. The van der Waals surface area contributed by atoms with Gasteiger partial charge in [0.1, 0.15) is 23.9 Å². The van der Waals surface area contributed by atoms with Crippen molar-refractivity contribution in [3.05, 3.63) is 78.5 Å². The number of aromatic nitrogens is 1. The number of hydrogen-bond acceptors (Lipinski definition) is 4. The molecule has 0 saturated heterocycles. The lowest BCUT2D eigenvalue weighted by Crippen LogP contribution is -2.06.